The average molecular weight is 403 g/mol. The first kappa shape index (κ1) is 19.0. The molecule has 3 aromatic heterocycles. The molecule has 0 aliphatic heterocycles. The lowest BCUT2D eigenvalue weighted by Crippen LogP contribution is -2.47. The number of hydrogen-bond donors (Lipinski definition) is 3. The number of aromatic nitrogens is 5. The van der Waals surface area contributed by atoms with Crippen LogP contribution in [0, 0.1) is 0 Å². The second kappa shape index (κ2) is 7.95. The van der Waals surface area contributed by atoms with Crippen molar-refractivity contribution in [3.05, 3.63) is 72.6 Å². The molecule has 1 unspecified atom stereocenters. The normalized spacial score (nSPS) is 11.9. The van der Waals surface area contributed by atoms with E-state index in [1.165, 1.54) is 29.5 Å². The van der Waals surface area contributed by atoms with E-state index in [-0.39, 0.29) is 12.1 Å². The molecule has 30 heavy (non-hydrogen) atoms. The number of H-pyrrole nitrogens is 1. The Labute approximate surface area is 170 Å². The van der Waals surface area contributed by atoms with E-state index < -0.39 is 23.6 Å². The number of para-hydroxylation sites is 1. The molecule has 4 N–H and O–H groups in total. The average Bonchev–Trinajstić information content (AvgIpc) is 3.41. The van der Waals surface area contributed by atoms with E-state index in [1.54, 1.807) is 12.3 Å². The van der Waals surface area contributed by atoms with Gasteiger partial charge in [0.2, 0.25) is 5.78 Å². The zero-order valence-electron chi connectivity index (χ0n) is 15.6. The van der Waals surface area contributed by atoms with Gasteiger partial charge in [-0.3, -0.25) is 14.4 Å². The van der Waals surface area contributed by atoms with E-state index in [0.717, 1.165) is 16.5 Å². The molecular weight excluding hydrogens is 386 g/mol. The number of benzene rings is 1. The molecule has 0 spiro atoms. The van der Waals surface area contributed by atoms with Crippen LogP contribution < -0.4 is 11.1 Å². The lowest BCUT2D eigenvalue weighted by molar-refractivity contribution is -0.137. The van der Waals surface area contributed by atoms with Gasteiger partial charge in [-0.15, -0.1) is 0 Å². The van der Waals surface area contributed by atoms with Crippen molar-refractivity contribution in [3.8, 4) is 5.82 Å². The van der Waals surface area contributed by atoms with Gasteiger partial charge in [0, 0.05) is 35.8 Å². The third kappa shape index (κ3) is 3.65. The molecule has 0 fully saturated rings. The molecule has 0 radical (unpaired) electrons. The topological polar surface area (TPSA) is 149 Å². The summed E-state index contributed by atoms with van der Waals surface area (Å²) in [5.74, 6) is -2.22. The summed E-state index contributed by atoms with van der Waals surface area (Å²) in [6.45, 7) is 0. The first-order valence-electron chi connectivity index (χ1n) is 9.04. The number of amides is 2. The third-order valence-corrected chi connectivity index (χ3v) is 4.62. The van der Waals surface area contributed by atoms with Gasteiger partial charge in [0.25, 0.3) is 11.8 Å². The number of carbonyl (C=O) groups is 3. The zero-order valence-corrected chi connectivity index (χ0v) is 15.6. The van der Waals surface area contributed by atoms with Crippen LogP contribution in [0.15, 0.2) is 61.3 Å². The Morgan fingerprint density at radius 1 is 1.13 bits per heavy atom. The number of nitrogens with zero attached hydrogens (tertiary/aromatic N) is 4. The minimum atomic E-state index is -1.14. The van der Waals surface area contributed by atoms with Crippen molar-refractivity contribution < 1.29 is 14.4 Å². The van der Waals surface area contributed by atoms with Gasteiger partial charge in [-0.1, -0.05) is 18.2 Å². The summed E-state index contributed by atoms with van der Waals surface area (Å²) >= 11 is 0. The SMILES string of the molecule is NC(=O)C(=O)C(Cc1c[nH]c2ccccc12)NC(=O)c1ccnn1-c1ccncn1. The maximum absolute atomic E-state index is 12.9. The molecule has 4 rings (SSSR count). The van der Waals surface area contributed by atoms with Gasteiger partial charge in [0.15, 0.2) is 5.82 Å². The number of rotatable bonds is 7. The van der Waals surface area contributed by atoms with E-state index >= 15 is 0 Å². The van der Waals surface area contributed by atoms with E-state index in [9.17, 15) is 14.4 Å². The fourth-order valence-electron chi connectivity index (χ4n) is 3.20. The predicted molar refractivity (Wildman–Crippen MR) is 107 cm³/mol. The lowest BCUT2D eigenvalue weighted by atomic mass is 10.0. The van der Waals surface area contributed by atoms with Crippen molar-refractivity contribution in [2.45, 2.75) is 12.5 Å². The summed E-state index contributed by atoms with van der Waals surface area (Å²) in [6.07, 6.45) is 6.11. The first-order valence-corrected chi connectivity index (χ1v) is 9.04. The van der Waals surface area contributed by atoms with Crippen LogP contribution in [0.3, 0.4) is 0 Å². The van der Waals surface area contributed by atoms with E-state index in [2.05, 4.69) is 25.4 Å². The highest BCUT2D eigenvalue weighted by molar-refractivity contribution is 6.38. The fourth-order valence-corrected chi connectivity index (χ4v) is 3.20. The Morgan fingerprint density at radius 2 is 1.97 bits per heavy atom. The molecular formula is C20H17N7O3. The molecule has 0 saturated heterocycles. The molecule has 150 valence electrons. The quantitative estimate of drug-likeness (QED) is 0.384. The minimum Gasteiger partial charge on any atom is -0.363 e. The minimum absolute atomic E-state index is 0.0964. The Balaban J connectivity index is 1.62. The number of fused-ring (bicyclic) bond motifs is 1. The van der Waals surface area contributed by atoms with Gasteiger partial charge in [0.1, 0.15) is 18.1 Å². The summed E-state index contributed by atoms with van der Waals surface area (Å²) in [4.78, 5) is 47.9. The number of primary amides is 1. The molecule has 2 amide bonds. The van der Waals surface area contributed by atoms with Gasteiger partial charge in [-0.2, -0.15) is 5.10 Å². The number of ketones is 1. The molecule has 10 nitrogen and oxygen atoms in total. The van der Waals surface area contributed by atoms with Gasteiger partial charge in [-0.05, 0) is 17.7 Å². The lowest BCUT2D eigenvalue weighted by Gasteiger charge is -2.16. The fraction of sp³-hybridized carbons (Fsp3) is 0.100. The number of nitrogens with two attached hydrogens (primary N) is 1. The summed E-state index contributed by atoms with van der Waals surface area (Å²) in [5.41, 5.74) is 7.01. The van der Waals surface area contributed by atoms with Crippen molar-refractivity contribution in [1.29, 1.82) is 0 Å². The Morgan fingerprint density at radius 3 is 2.73 bits per heavy atom. The van der Waals surface area contributed by atoms with E-state index in [1.807, 2.05) is 24.3 Å². The van der Waals surface area contributed by atoms with Gasteiger partial charge < -0.3 is 16.0 Å². The third-order valence-electron chi connectivity index (χ3n) is 4.62. The Hall–Kier alpha value is -4.34. The first-order chi connectivity index (χ1) is 14.5. The van der Waals surface area contributed by atoms with Gasteiger partial charge in [-0.25, -0.2) is 14.6 Å². The second-order valence-corrected chi connectivity index (χ2v) is 6.51. The van der Waals surface area contributed by atoms with Crippen molar-refractivity contribution >= 4 is 28.5 Å². The monoisotopic (exact) mass is 403 g/mol. The van der Waals surface area contributed by atoms with Crippen LogP contribution in [0.25, 0.3) is 16.7 Å². The molecule has 3 heterocycles. The largest absolute Gasteiger partial charge is 0.363 e. The number of Topliss-reactive ketones (excluding diaryl/α,β-unsaturated/α-hetero) is 1. The van der Waals surface area contributed by atoms with Crippen molar-refractivity contribution in [2.75, 3.05) is 0 Å². The summed E-state index contributed by atoms with van der Waals surface area (Å²) in [6, 6.07) is 9.45. The molecule has 0 saturated carbocycles. The van der Waals surface area contributed by atoms with Crippen LogP contribution in [0.2, 0.25) is 0 Å². The van der Waals surface area contributed by atoms with Crippen molar-refractivity contribution in [2.24, 2.45) is 5.73 Å². The van der Waals surface area contributed by atoms with E-state index in [0.29, 0.717) is 5.82 Å². The molecule has 0 aliphatic carbocycles. The Kier molecular flexibility index (Phi) is 5.04. The summed E-state index contributed by atoms with van der Waals surface area (Å²) in [7, 11) is 0. The number of hydrogen-bond acceptors (Lipinski definition) is 6. The van der Waals surface area contributed by atoms with Crippen LogP contribution in [0.4, 0.5) is 0 Å². The van der Waals surface area contributed by atoms with Crippen LogP contribution in [-0.4, -0.2) is 48.4 Å². The van der Waals surface area contributed by atoms with Crippen LogP contribution in [-0.2, 0) is 16.0 Å². The number of carbonyl (C=O) groups excluding carboxylic acids is 3. The summed E-state index contributed by atoms with van der Waals surface area (Å²) < 4.78 is 1.31. The zero-order chi connectivity index (χ0) is 21.1. The number of nitrogens with one attached hydrogen (secondary N) is 2. The van der Waals surface area contributed by atoms with Crippen LogP contribution in [0.1, 0.15) is 16.1 Å². The molecule has 0 aliphatic rings. The standard InChI is InChI=1S/C20H17N7O3/c21-19(29)18(28)15(9-12-10-23-14-4-2-1-3-13(12)14)26-20(30)16-5-8-25-27(16)17-6-7-22-11-24-17/h1-8,10-11,15,23H,9H2,(H2,21,29)(H,26,30). The van der Waals surface area contributed by atoms with E-state index in [4.69, 9.17) is 5.73 Å². The number of aromatic amines is 1. The molecule has 10 heteroatoms. The highest BCUT2D eigenvalue weighted by Crippen LogP contribution is 2.19. The maximum Gasteiger partial charge on any atom is 0.287 e. The summed E-state index contributed by atoms with van der Waals surface area (Å²) in [5, 5.41) is 7.59. The van der Waals surface area contributed by atoms with Gasteiger partial charge in [0.05, 0.1) is 6.20 Å². The Bertz CT molecular complexity index is 1230. The maximum atomic E-state index is 12.9. The second-order valence-electron chi connectivity index (χ2n) is 6.51. The highest BCUT2D eigenvalue weighted by Gasteiger charge is 2.28. The molecule has 0 bridgehead atoms. The van der Waals surface area contributed by atoms with Crippen LogP contribution >= 0.6 is 0 Å². The van der Waals surface area contributed by atoms with Gasteiger partial charge >= 0.3 is 0 Å². The molecule has 1 atom stereocenters. The van der Waals surface area contributed by atoms with Crippen LogP contribution in [0.5, 0.6) is 0 Å². The van der Waals surface area contributed by atoms with Crippen molar-refractivity contribution in [3.63, 3.8) is 0 Å². The predicted octanol–water partition coefficient (Wildman–Crippen LogP) is 0.539. The molecule has 4 aromatic rings. The smallest absolute Gasteiger partial charge is 0.287 e. The molecule has 1 aromatic carbocycles. The van der Waals surface area contributed by atoms with Crippen molar-refractivity contribution in [1.82, 2.24) is 30.0 Å². The highest BCUT2D eigenvalue weighted by atomic mass is 16.2.